The van der Waals surface area contributed by atoms with Gasteiger partial charge < -0.3 is 9.64 Å². The Morgan fingerprint density at radius 2 is 1.87 bits per heavy atom. The van der Waals surface area contributed by atoms with Crippen LogP contribution < -0.4 is 4.74 Å². The van der Waals surface area contributed by atoms with Crippen LogP contribution in [0.25, 0.3) is 0 Å². The van der Waals surface area contributed by atoms with Crippen molar-refractivity contribution < 1.29 is 4.74 Å². The van der Waals surface area contributed by atoms with E-state index >= 15 is 0 Å². The molecule has 0 amide bonds. The molecule has 4 rings (SSSR count). The molecule has 5 nitrogen and oxygen atoms in total. The second-order valence-corrected chi connectivity index (χ2v) is 9.28. The second kappa shape index (κ2) is 9.98. The summed E-state index contributed by atoms with van der Waals surface area (Å²) in [6.07, 6.45) is 6.34. The number of nitrogens with zero attached hydrogens (tertiary/aromatic N) is 4. The number of piperidine rings is 1. The Balaban J connectivity index is 1.44. The number of aromatic nitrogens is 2. The summed E-state index contributed by atoms with van der Waals surface area (Å²) >= 11 is 13.3. The predicted octanol–water partition coefficient (Wildman–Crippen LogP) is 6.99. The van der Waals surface area contributed by atoms with Gasteiger partial charge >= 0.3 is 0 Å². The van der Waals surface area contributed by atoms with Gasteiger partial charge in [0, 0.05) is 31.0 Å². The average molecular weight is 475 g/mol. The fourth-order valence-electron chi connectivity index (χ4n) is 3.48. The zero-order valence-corrected chi connectivity index (χ0v) is 19.9. The SMILES string of the molecule is Cc1cc(Oc2nc(Cc3ccc(Cl)c(Cl)c3)ns2)c(C)cc1/N=C\N1CCCCC1. The lowest BCUT2D eigenvalue weighted by Gasteiger charge is -2.23. The Morgan fingerprint density at radius 3 is 2.65 bits per heavy atom. The maximum absolute atomic E-state index is 6.10. The molecule has 8 heteroatoms. The van der Waals surface area contributed by atoms with Crippen LogP contribution in [0.2, 0.25) is 10.0 Å². The number of ether oxygens (including phenoxy) is 1. The normalized spacial score (nSPS) is 14.4. The maximum atomic E-state index is 6.10. The molecule has 1 saturated heterocycles. The molecule has 31 heavy (non-hydrogen) atoms. The quantitative estimate of drug-likeness (QED) is 0.285. The first-order valence-electron chi connectivity index (χ1n) is 10.3. The van der Waals surface area contributed by atoms with Crippen LogP contribution in [0.15, 0.2) is 35.3 Å². The molecule has 1 aliphatic rings. The first kappa shape index (κ1) is 22.1. The monoisotopic (exact) mass is 474 g/mol. The highest BCUT2D eigenvalue weighted by Crippen LogP contribution is 2.32. The van der Waals surface area contributed by atoms with Crippen LogP contribution in [0.4, 0.5) is 5.69 Å². The first-order chi connectivity index (χ1) is 15.0. The summed E-state index contributed by atoms with van der Waals surface area (Å²) in [5, 5.41) is 1.58. The first-order valence-corrected chi connectivity index (χ1v) is 11.8. The van der Waals surface area contributed by atoms with Crippen molar-refractivity contribution in [3.8, 4) is 10.9 Å². The van der Waals surface area contributed by atoms with Crippen molar-refractivity contribution in [1.29, 1.82) is 0 Å². The molecule has 162 valence electrons. The van der Waals surface area contributed by atoms with Crippen LogP contribution in [0.3, 0.4) is 0 Å². The molecular formula is C23H24Cl2N4OS. The van der Waals surface area contributed by atoms with Gasteiger partial charge in [-0.05, 0) is 74.1 Å². The highest BCUT2D eigenvalue weighted by molar-refractivity contribution is 7.07. The van der Waals surface area contributed by atoms with E-state index in [1.807, 2.05) is 38.4 Å². The van der Waals surface area contributed by atoms with Crippen molar-refractivity contribution in [1.82, 2.24) is 14.3 Å². The van der Waals surface area contributed by atoms with Crippen molar-refractivity contribution in [2.75, 3.05) is 13.1 Å². The van der Waals surface area contributed by atoms with Gasteiger partial charge in [-0.15, -0.1) is 0 Å². The molecule has 2 heterocycles. The van der Waals surface area contributed by atoms with Gasteiger partial charge in [-0.2, -0.15) is 9.36 Å². The van der Waals surface area contributed by atoms with Crippen LogP contribution >= 0.6 is 34.7 Å². The minimum absolute atomic E-state index is 0.516. The van der Waals surface area contributed by atoms with E-state index < -0.39 is 0 Å². The smallest absolute Gasteiger partial charge is 0.298 e. The van der Waals surface area contributed by atoms with E-state index in [4.69, 9.17) is 32.9 Å². The van der Waals surface area contributed by atoms with Crippen LogP contribution in [-0.4, -0.2) is 33.7 Å². The molecule has 1 aromatic heterocycles. The molecule has 3 aromatic rings. The number of benzene rings is 2. The fourth-order valence-corrected chi connectivity index (χ4v) is 4.36. The summed E-state index contributed by atoms with van der Waals surface area (Å²) in [5.41, 5.74) is 4.04. The molecule has 0 atom stereocenters. The summed E-state index contributed by atoms with van der Waals surface area (Å²) in [5.74, 6) is 1.46. The van der Waals surface area contributed by atoms with E-state index in [-0.39, 0.29) is 0 Å². The molecule has 0 spiro atoms. The number of halogens is 2. The van der Waals surface area contributed by atoms with Crippen molar-refractivity contribution in [2.45, 2.75) is 39.5 Å². The minimum Gasteiger partial charge on any atom is -0.430 e. The third-order valence-electron chi connectivity index (χ3n) is 5.24. The average Bonchev–Trinajstić information content (AvgIpc) is 3.19. The number of aryl methyl sites for hydroxylation is 2. The number of aliphatic imine (C=N–C) groups is 1. The van der Waals surface area contributed by atoms with Gasteiger partial charge in [-0.25, -0.2) is 4.99 Å². The van der Waals surface area contributed by atoms with Gasteiger partial charge in [0.25, 0.3) is 5.19 Å². The number of rotatable bonds is 6. The number of hydrogen-bond acceptors (Lipinski definition) is 5. The third-order valence-corrected chi connectivity index (χ3v) is 6.61. The Morgan fingerprint density at radius 1 is 1.06 bits per heavy atom. The van der Waals surface area contributed by atoms with E-state index in [9.17, 15) is 0 Å². The molecule has 0 N–H and O–H groups in total. The molecule has 2 aromatic carbocycles. The van der Waals surface area contributed by atoms with Crippen LogP contribution in [-0.2, 0) is 6.42 Å². The van der Waals surface area contributed by atoms with Crippen molar-refractivity contribution >= 4 is 46.8 Å². The van der Waals surface area contributed by atoms with Gasteiger partial charge in [0.15, 0.2) is 5.82 Å². The summed E-state index contributed by atoms with van der Waals surface area (Å²) in [4.78, 5) is 11.5. The second-order valence-electron chi connectivity index (χ2n) is 7.75. The van der Waals surface area contributed by atoms with Gasteiger partial charge in [0.2, 0.25) is 0 Å². The fraction of sp³-hybridized carbons (Fsp3) is 0.348. The van der Waals surface area contributed by atoms with E-state index in [2.05, 4.69) is 20.3 Å². The number of hydrogen-bond donors (Lipinski definition) is 0. The summed E-state index contributed by atoms with van der Waals surface area (Å²) in [7, 11) is 0. The molecule has 0 bridgehead atoms. The molecule has 0 aliphatic carbocycles. The molecule has 0 unspecified atom stereocenters. The lowest BCUT2D eigenvalue weighted by atomic mass is 10.1. The van der Waals surface area contributed by atoms with Crippen LogP contribution in [0.5, 0.6) is 10.9 Å². The van der Waals surface area contributed by atoms with Gasteiger partial charge in [0.05, 0.1) is 22.1 Å². The zero-order valence-electron chi connectivity index (χ0n) is 17.6. The number of likely N-dealkylation sites (tertiary alicyclic amines) is 1. The van der Waals surface area contributed by atoms with Crippen molar-refractivity contribution in [3.05, 3.63) is 62.9 Å². The third kappa shape index (κ3) is 5.76. The summed E-state index contributed by atoms with van der Waals surface area (Å²) in [6.45, 7) is 6.24. The Labute approximate surface area is 196 Å². The van der Waals surface area contributed by atoms with Crippen molar-refractivity contribution in [3.63, 3.8) is 0 Å². The van der Waals surface area contributed by atoms with Gasteiger partial charge in [0.1, 0.15) is 5.75 Å². The molecule has 1 aliphatic heterocycles. The predicted molar refractivity (Wildman–Crippen MR) is 129 cm³/mol. The van der Waals surface area contributed by atoms with Gasteiger partial charge in [-0.3, -0.25) is 0 Å². The Bertz CT molecular complexity index is 1090. The standard InChI is InChI=1S/C23H24Cl2N4OS/c1-15-11-21(16(2)10-20(15)26-14-29-8-4-3-5-9-29)30-23-27-22(28-31-23)13-17-6-7-18(24)19(25)12-17/h6-7,10-12,14H,3-5,8-9,13H2,1-2H3/b26-14-. The zero-order chi connectivity index (χ0) is 21.8. The lowest BCUT2D eigenvalue weighted by molar-refractivity contribution is 0.351. The van der Waals surface area contributed by atoms with E-state index in [0.717, 1.165) is 41.2 Å². The van der Waals surface area contributed by atoms with E-state index in [0.29, 0.717) is 27.5 Å². The maximum Gasteiger partial charge on any atom is 0.298 e. The largest absolute Gasteiger partial charge is 0.430 e. The van der Waals surface area contributed by atoms with Crippen molar-refractivity contribution in [2.24, 2.45) is 4.99 Å². The minimum atomic E-state index is 0.516. The lowest BCUT2D eigenvalue weighted by Crippen LogP contribution is -2.28. The molecule has 1 fully saturated rings. The van der Waals surface area contributed by atoms with Crippen LogP contribution in [0.1, 0.15) is 41.8 Å². The van der Waals surface area contributed by atoms with E-state index in [1.54, 1.807) is 6.07 Å². The van der Waals surface area contributed by atoms with E-state index in [1.165, 1.54) is 30.8 Å². The summed E-state index contributed by atoms with van der Waals surface area (Å²) in [6, 6.07) is 9.61. The Kier molecular flexibility index (Phi) is 7.10. The highest BCUT2D eigenvalue weighted by atomic mass is 35.5. The molecular weight excluding hydrogens is 451 g/mol. The molecule has 0 saturated carbocycles. The topological polar surface area (TPSA) is 50.6 Å². The summed E-state index contributed by atoms with van der Waals surface area (Å²) < 4.78 is 10.4. The highest BCUT2D eigenvalue weighted by Gasteiger charge is 2.12. The van der Waals surface area contributed by atoms with Gasteiger partial charge in [-0.1, -0.05) is 29.3 Å². The van der Waals surface area contributed by atoms with Crippen LogP contribution in [0, 0.1) is 13.8 Å². The Hall–Kier alpha value is -2.15. The molecule has 0 radical (unpaired) electrons.